The second kappa shape index (κ2) is 15.0. The molecule has 0 radical (unpaired) electrons. The van der Waals surface area contributed by atoms with E-state index in [0.717, 1.165) is 52.4 Å². The summed E-state index contributed by atoms with van der Waals surface area (Å²) in [6.45, 7) is 7.85. The SMILES string of the molecule is F[B-](F)(F)F.O=C(N1CCCC1)N1CCCC1.O=C(N1CCCC1)N1CCCC1.O=C1c2ccccc2C(=O)N1O. The summed E-state index contributed by atoms with van der Waals surface area (Å²) in [7, 11) is -6.00. The zero-order chi connectivity index (χ0) is 30.0. The average Bonchev–Trinajstić information content (AvgIpc) is 3.79. The molecule has 0 atom stereocenters. The van der Waals surface area contributed by atoms with Crippen molar-refractivity contribution in [1.29, 1.82) is 0 Å². The summed E-state index contributed by atoms with van der Waals surface area (Å²) in [5.74, 6) is -1.31. The van der Waals surface area contributed by atoms with E-state index in [0.29, 0.717) is 0 Å². The van der Waals surface area contributed by atoms with Crippen molar-refractivity contribution in [3.05, 3.63) is 35.4 Å². The van der Waals surface area contributed by atoms with Crippen LogP contribution < -0.4 is 0 Å². The molecule has 0 aromatic heterocycles. The first-order valence-corrected chi connectivity index (χ1v) is 14.1. The molecule has 1 aromatic carbocycles. The molecule has 4 saturated heterocycles. The van der Waals surface area contributed by atoms with E-state index in [1.165, 1.54) is 63.5 Å². The van der Waals surface area contributed by atoms with E-state index in [1.54, 1.807) is 12.1 Å². The first kappa shape index (κ1) is 32.2. The highest BCUT2D eigenvalue weighted by molar-refractivity contribution is 6.50. The minimum absolute atomic E-state index is 0.130. The summed E-state index contributed by atoms with van der Waals surface area (Å²) in [6.07, 6.45) is 9.55. The summed E-state index contributed by atoms with van der Waals surface area (Å²) < 4.78 is 39.0. The first-order chi connectivity index (χ1) is 19.5. The molecule has 4 fully saturated rings. The van der Waals surface area contributed by atoms with Gasteiger partial charge in [0, 0.05) is 52.4 Å². The number of likely N-dealkylation sites (tertiary alicyclic amines) is 4. The van der Waals surface area contributed by atoms with Crippen molar-refractivity contribution in [1.82, 2.24) is 24.7 Å². The van der Waals surface area contributed by atoms with Gasteiger partial charge >= 0.3 is 19.3 Å². The number of hydrogen-bond acceptors (Lipinski definition) is 5. The predicted octanol–water partition coefficient (Wildman–Crippen LogP) is 4.57. The van der Waals surface area contributed by atoms with E-state index in [1.807, 2.05) is 19.6 Å². The summed E-state index contributed by atoms with van der Waals surface area (Å²) in [6, 6.07) is 6.86. The maximum Gasteiger partial charge on any atom is 0.673 e. The van der Waals surface area contributed by atoms with Crippen LogP contribution in [0.4, 0.5) is 26.9 Å². The summed E-state index contributed by atoms with van der Waals surface area (Å²) >= 11 is 0. The van der Waals surface area contributed by atoms with Gasteiger partial charge in [0.05, 0.1) is 11.1 Å². The topological polar surface area (TPSA) is 105 Å². The van der Waals surface area contributed by atoms with Crippen LogP contribution in [0.5, 0.6) is 0 Å². The highest BCUT2D eigenvalue weighted by Crippen LogP contribution is 2.20. The number of imide groups is 1. The van der Waals surface area contributed by atoms with Crippen LogP contribution in [0.15, 0.2) is 24.3 Å². The number of fused-ring (bicyclic) bond motifs is 1. The maximum absolute atomic E-state index is 11.7. The van der Waals surface area contributed by atoms with Crippen LogP contribution in [0.3, 0.4) is 0 Å². The molecule has 0 aliphatic carbocycles. The number of halogens is 4. The first-order valence-electron chi connectivity index (χ1n) is 14.1. The van der Waals surface area contributed by atoms with Crippen molar-refractivity contribution in [3.8, 4) is 0 Å². The molecule has 15 heteroatoms. The third kappa shape index (κ3) is 9.61. The van der Waals surface area contributed by atoms with Gasteiger partial charge in [0.15, 0.2) is 0 Å². The summed E-state index contributed by atoms with van der Waals surface area (Å²) in [4.78, 5) is 53.5. The number of urea groups is 2. The van der Waals surface area contributed by atoms with Crippen molar-refractivity contribution in [2.24, 2.45) is 0 Å². The van der Waals surface area contributed by atoms with Crippen LogP contribution in [0, 0.1) is 0 Å². The molecule has 5 aliphatic heterocycles. The molecule has 5 heterocycles. The molecule has 6 rings (SSSR count). The third-order valence-electron chi connectivity index (χ3n) is 7.28. The number of carbonyl (C=O) groups excluding carboxylic acids is 4. The van der Waals surface area contributed by atoms with Gasteiger partial charge in [-0.05, 0) is 63.5 Å². The molecule has 0 saturated carbocycles. The van der Waals surface area contributed by atoms with Crippen molar-refractivity contribution in [3.63, 3.8) is 0 Å². The van der Waals surface area contributed by atoms with E-state index in [-0.39, 0.29) is 28.3 Å². The van der Waals surface area contributed by atoms with Gasteiger partial charge in [-0.3, -0.25) is 14.8 Å². The Labute approximate surface area is 236 Å². The number of carbonyl (C=O) groups is 4. The third-order valence-corrected chi connectivity index (χ3v) is 7.28. The molecule has 0 bridgehead atoms. The quantitative estimate of drug-likeness (QED) is 0.208. The highest BCUT2D eigenvalue weighted by atomic mass is 19.5. The maximum atomic E-state index is 11.7. The molecule has 0 spiro atoms. The monoisotopic (exact) mass is 586 g/mol. The number of amides is 6. The van der Waals surface area contributed by atoms with Gasteiger partial charge in [-0.2, -0.15) is 0 Å². The number of benzene rings is 1. The van der Waals surface area contributed by atoms with Crippen LogP contribution in [-0.2, 0) is 0 Å². The fraction of sp³-hybridized carbons (Fsp3) is 0.615. The molecule has 41 heavy (non-hydrogen) atoms. The summed E-state index contributed by atoms with van der Waals surface area (Å²) in [5, 5.41) is 9.05. The Kier molecular flexibility index (Phi) is 11.8. The Morgan fingerprint density at radius 1 is 0.561 bits per heavy atom. The van der Waals surface area contributed by atoms with Crippen LogP contribution in [0.25, 0.3) is 0 Å². The largest absolute Gasteiger partial charge is 0.673 e. The van der Waals surface area contributed by atoms with Crippen LogP contribution >= 0.6 is 0 Å². The van der Waals surface area contributed by atoms with Gasteiger partial charge in [0.1, 0.15) is 0 Å². The molecular formula is C26H37BF4N5O5-. The smallest absolute Gasteiger partial charge is 0.418 e. The standard InChI is InChI=1S/2C9H16N2O.C8H5NO3.BF4/c2*12-9(10-5-1-2-6-10)11-7-3-4-8-11;10-7-5-3-1-2-4-6(5)8(11)9(7)12;2-1(3,4)5/h2*1-8H2;1-4,12H;/q;;;-1. The van der Waals surface area contributed by atoms with Gasteiger partial charge in [-0.15, -0.1) is 5.06 Å². The van der Waals surface area contributed by atoms with Gasteiger partial charge in [-0.25, -0.2) is 9.59 Å². The van der Waals surface area contributed by atoms with E-state index in [2.05, 4.69) is 0 Å². The lowest BCUT2D eigenvalue weighted by atomic mass is 10.1. The minimum Gasteiger partial charge on any atom is -0.418 e. The highest BCUT2D eigenvalue weighted by Gasteiger charge is 2.34. The molecule has 228 valence electrons. The Bertz CT molecular complexity index is 938. The van der Waals surface area contributed by atoms with Crippen LogP contribution in [-0.4, -0.2) is 113 Å². The van der Waals surface area contributed by atoms with Crippen molar-refractivity contribution >= 4 is 31.1 Å². The predicted molar refractivity (Wildman–Crippen MR) is 143 cm³/mol. The van der Waals surface area contributed by atoms with Gasteiger partial charge < -0.3 is 36.9 Å². The summed E-state index contributed by atoms with van der Waals surface area (Å²) in [5.41, 5.74) is 0.509. The molecule has 10 nitrogen and oxygen atoms in total. The normalized spacial score (nSPS) is 19.8. The minimum atomic E-state index is -6.00. The Balaban J connectivity index is 0.000000157. The van der Waals surface area contributed by atoms with Gasteiger partial charge in [0.25, 0.3) is 11.8 Å². The average molecular weight is 586 g/mol. The molecular weight excluding hydrogens is 549 g/mol. The number of hydrogen-bond donors (Lipinski definition) is 1. The van der Waals surface area contributed by atoms with E-state index >= 15 is 0 Å². The number of hydroxylamine groups is 2. The number of nitrogens with zero attached hydrogens (tertiary/aromatic N) is 5. The lowest BCUT2D eigenvalue weighted by molar-refractivity contribution is -0.0327. The van der Waals surface area contributed by atoms with E-state index in [4.69, 9.17) is 5.21 Å². The van der Waals surface area contributed by atoms with Gasteiger partial charge in [0.2, 0.25) is 0 Å². The van der Waals surface area contributed by atoms with E-state index < -0.39 is 19.1 Å². The van der Waals surface area contributed by atoms with Gasteiger partial charge in [-0.1, -0.05) is 12.1 Å². The van der Waals surface area contributed by atoms with Crippen LogP contribution in [0.1, 0.15) is 72.1 Å². The Hall–Kier alpha value is -3.36. The molecule has 6 amide bonds. The molecule has 0 unspecified atom stereocenters. The molecule has 5 aliphatic rings. The van der Waals surface area contributed by atoms with Crippen molar-refractivity contribution in [2.75, 3.05) is 52.4 Å². The fourth-order valence-corrected chi connectivity index (χ4v) is 5.21. The van der Waals surface area contributed by atoms with E-state index in [9.17, 15) is 36.4 Å². The molecule has 1 N–H and O–H groups in total. The lowest BCUT2D eigenvalue weighted by Gasteiger charge is -2.23. The number of rotatable bonds is 0. The Morgan fingerprint density at radius 3 is 1.00 bits per heavy atom. The zero-order valence-corrected chi connectivity index (χ0v) is 23.0. The lowest BCUT2D eigenvalue weighted by Crippen LogP contribution is -2.39. The second-order valence-electron chi connectivity index (χ2n) is 10.3. The Morgan fingerprint density at radius 2 is 0.780 bits per heavy atom. The molecule has 1 aromatic rings. The fourth-order valence-electron chi connectivity index (χ4n) is 5.21. The second-order valence-corrected chi connectivity index (χ2v) is 10.3. The zero-order valence-electron chi connectivity index (χ0n) is 23.0. The van der Waals surface area contributed by atoms with Crippen molar-refractivity contribution in [2.45, 2.75) is 51.4 Å². The van der Waals surface area contributed by atoms with Crippen molar-refractivity contribution < 1.29 is 41.6 Å². The van der Waals surface area contributed by atoms with Crippen LogP contribution in [0.2, 0.25) is 0 Å².